The van der Waals surface area contributed by atoms with Crippen LogP contribution in [0.15, 0.2) is 18.2 Å². The third kappa shape index (κ3) is 3.51. The topological polar surface area (TPSA) is 35.2 Å². The summed E-state index contributed by atoms with van der Waals surface area (Å²) in [6.45, 7) is 2.76. The number of aryl methyl sites for hydroxylation is 1. The highest BCUT2D eigenvalue weighted by Gasteiger charge is 2.17. The molecule has 3 heteroatoms. The van der Waals surface area contributed by atoms with E-state index in [1.807, 2.05) is 13.0 Å². The van der Waals surface area contributed by atoms with Gasteiger partial charge in [-0.05, 0) is 55.9 Å². The zero-order valence-corrected chi connectivity index (χ0v) is 10.3. The van der Waals surface area contributed by atoms with E-state index < -0.39 is 0 Å². The Morgan fingerprint density at radius 1 is 1.47 bits per heavy atom. The minimum Gasteiger partial charge on any atom is -0.378 e. The second-order valence-electron chi connectivity index (χ2n) is 4.88. The first-order chi connectivity index (χ1) is 8.15. The Balaban J connectivity index is 1.91. The molecule has 1 aliphatic rings. The SMILES string of the molecule is Cc1cc(F)cc(C(N)CCC2CCCO2)c1. The fraction of sp³-hybridized carbons (Fsp3) is 0.571. The van der Waals surface area contributed by atoms with Crippen molar-refractivity contribution in [3.8, 4) is 0 Å². The molecule has 2 unspecified atom stereocenters. The predicted molar refractivity (Wildman–Crippen MR) is 66.3 cm³/mol. The summed E-state index contributed by atoms with van der Waals surface area (Å²) in [6.07, 6.45) is 4.47. The molecule has 0 radical (unpaired) electrons. The summed E-state index contributed by atoms with van der Waals surface area (Å²) in [5.41, 5.74) is 7.90. The van der Waals surface area contributed by atoms with Crippen LogP contribution in [-0.4, -0.2) is 12.7 Å². The highest BCUT2D eigenvalue weighted by atomic mass is 19.1. The first-order valence-corrected chi connectivity index (χ1v) is 6.29. The van der Waals surface area contributed by atoms with E-state index in [0.717, 1.165) is 43.4 Å². The smallest absolute Gasteiger partial charge is 0.123 e. The number of nitrogens with two attached hydrogens (primary N) is 1. The van der Waals surface area contributed by atoms with Gasteiger partial charge in [0.2, 0.25) is 0 Å². The van der Waals surface area contributed by atoms with E-state index >= 15 is 0 Å². The van der Waals surface area contributed by atoms with Crippen LogP contribution in [0, 0.1) is 12.7 Å². The third-order valence-electron chi connectivity index (χ3n) is 3.32. The molecule has 0 bridgehead atoms. The van der Waals surface area contributed by atoms with Gasteiger partial charge in [0.25, 0.3) is 0 Å². The van der Waals surface area contributed by atoms with E-state index in [2.05, 4.69) is 0 Å². The molecule has 1 heterocycles. The molecule has 1 saturated heterocycles. The van der Waals surface area contributed by atoms with Crippen molar-refractivity contribution in [3.05, 3.63) is 35.1 Å². The molecule has 0 spiro atoms. The molecule has 1 fully saturated rings. The number of hydrogen-bond donors (Lipinski definition) is 1. The van der Waals surface area contributed by atoms with Crippen molar-refractivity contribution >= 4 is 0 Å². The lowest BCUT2D eigenvalue weighted by Crippen LogP contribution is -2.14. The van der Waals surface area contributed by atoms with Gasteiger partial charge in [0.1, 0.15) is 5.82 Å². The highest BCUT2D eigenvalue weighted by Crippen LogP contribution is 2.23. The summed E-state index contributed by atoms with van der Waals surface area (Å²) in [5.74, 6) is -0.201. The molecule has 17 heavy (non-hydrogen) atoms. The summed E-state index contributed by atoms with van der Waals surface area (Å²) in [6, 6.07) is 4.93. The van der Waals surface area contributed by atoms with Crippen molar-refractivity contribution in [1.29, 1.82) is 0 Å². The van der Waals surface area contributed by atoms with Crippen molar-refractivity contribution in [2.24, 2.45) is 5.73 Å². The van der Waals surface area contributed by atoms with Gasteiger partial charge < -0.3 is 10.5 Å². The Kier molecular flexibility index (Phi) is 4.13. The van der Waals surface area contributed by atoms with E-state index in [1.54, 1.807) is 0 Å². The van der Waals surface area contributed by atoms with Crippen LogP contribution in [0.2, 0.25) is 0 Å². The zero-order chi connectivity index (χ0) is 12.3. The van der Waals surface area contributed by atoms with Gasteiger partial charge in [-0.1, -0.05) is 6.07 Å². The van der Waals surface area contributed by atoms with Crippen LogP contribution in [-0.2, 0) is 4.74 Å². The quantitative estimate of drug-likeness (QED) is 0.873. The van der Waals surface area contributed by atoms with Crippen LogP contribution in [0.25, 0.3) is 0 Å². The molecule has 0 aromatic heterocycles. The Labute approximate surface area is 102 Å². The van der Waals surface area contributed by atoms with Gasteiger partial charge >= 0.3 is 0 Å². The van der Waals surface area contributed by atoms with Crippen LogP contribution in [0.5, 0.6) is 0 Å². The monoisotopic (exact) mass is 237 g/mol. The van der Waals surface area contributed by atoms with Crippen molar-refractivity contribution in [3.63, 3.8) is 0 Å². The van der Waals surface area contributed by atoms with Gasteiger partial charge in [0, 0.05) is 12.6 Å². The number of halogens is 1. The molecule has 0 aliphatic carbocycles. The molecular formula is C14H20FNO. The van der Waals surface area contributed by atoms with Gasteiger partial charge in [-0.25, -0.2) is 4.39 Å². The summed E-state index contributed by atoms with van der Waals surface area (Å²) < 4.78 is 18.8. The van der Waals surface area contributed by atoms with Crippen LogP contribution in [0.1, 0.15) is 42.9 Å². The fourth-order valence-corrected chi connectivity index (χ4v) is 2.38. The van der Waals surface area contributed by atoms with Gasteiger partial charge in [-0.2, -0.15) is 0 Å². The van der Waals surface area contributed by atoms with E-state index in [4.69, 9.17) is 10.5 Å². The summed E-state index contributed by atoms with van der Waals surface area (Å²) in [5, 5.41) is 0. The molecule has 1 aliphatic heterocycles. The van der Waals surface area contributed by atoms with E-state index in [0.29, 0.717) is 6.10 Å². The summed E-state index contributed by atoms with van der Waals surface area (Å²) in [4.78, 5) is 0. The Hall–Kier alpha value is -0.930. The van der Waals surface area contributed by atoms with Crippen LogP contribution < -0.4 is 5.73 Å². The van der Waals surface area contributed by atoms with Crippen LogP contribution >= 0.6 is 0 Å². The third-order valence-corrected chi connectivity index (χ3v) is 3.32. The average molecular weight is 237 g/mol. The van der Waals surface area contributed by atoms with Gasteiger partial charge in [-0.3, -0.25) is 0 Å². The van der Waals surface area contributed by atoms with E-state index in [1.165, 1.54) is 12.1 Å². The average Bonchev–Trinajstić information content (AvgIpc) is 2.77. The maximum Gasteiger partial charge on any atom is 0.123 e. The molecule has 2 nitrogen and oxygen atoms in total. The maximum absolute atomic E-state index is 13.2. The first-order valence-electron chi connectivity index (χ1n) is 6.29. The lowest BCUT2D eigenvalue weighted by atomic mass is 9.98. The fourth-order valence-electron chi connectivity index (χ4n) is 2.38. The zero-order valence-electron chi connectivity index (χ0n) is 10.3. The molecule has 1 aromatic carbocycles. The molecule has 0 saturated carbocycles. The first kappa shape index (κ1) is 12.5. The molecule has 2 rings (SSSR count). The highest BCUT2D eigenvalue weighted by molar-refractivity contribution is 5.25. The van der Waals surface area contributed by atoms with Crippen molar-refractivity contribution < 1.29 is 9.13 Å². The lowest BCUT2D eigenvalue weighted by molar-refractivity contribution is 0.101. The normalized spacial score (nSPS) is 21.7. The van der Waals surface area contributed by atoms with Gasteiger partial charge in [-0.15, -0.1) is 0 Å². The number of rotatable bonds is 4. The predicted octanol–water partition coefficient (Wildman–Crippen LogP) is 3.09. The van der Waals surface area contributed by atoms with Crippen LogP contribution in [0.3, 0.4) is 0 Å². The van der Waals surface area contributed by atoms with E-state index in [-0.39, 0.29) is 11.9 Å². The second-order valence-corrected chi connectivity index (χ2v) is 4.88. The van der Waals surface area contributed by atoms with Crippen LogP contribution in [0.4, 0.5) is 4.39 Å². The molecule has 2 N–H and O–H groups in total. The molecular weight excluding hydrogens is 217 g/mol. The molecule has 1 aromatic rings. The second kappa shape index (κ2) is 5.61. The Bertz CT molecular complexity index is 354. The Morgan fingerprint density at radius 2 is 2.29 bits per heavy atom. The van der Waals surface area contributed by atoms with Crippen molar-refractivity contribution in [2.45, 2.75) is 44.8 Å². The Morgan fingerprint density at radius 3 is 2.94 bits per heavy atom. The minimum atomic E-state index is -0.201. The standard InChI is InChI=1S/C14H20FNO/c1-10-7-11(9-12(15)8-10)14(16)5-4-13-3-2-6-17-13/h7-9,13-14H,2-6,16H2,1H3. The molecule has 2 atom stereocenters. The van der Waals surface area contributed by atoms with Crippen molar-refractivity contribution in [2.75, 3.05) is 6.61 Å². The van der Waals surface area contributed by atoms with E-state index in [9.17, 15) is 4.39 Å². The summed E-state index contributed by atoms with van der Waals surface area (Å²) >= 11 is 0. The number of ether oxygens (including phenoxy) is 1. The lowest BCUT2D eigenvalue weighted by Gasteiger charge is -2.15. The van der Waals surface area contributed by atoms with Crippen molar-refractivity contribution in [1.82, 2.24) is 0 Å². The maximum atomic E-state index is 13.2. The largest absolute Gasteiger partial charge is 0.378 e. The van der Waals surface area contributed by atoms with Gasteiger partial charge in [0.15, 0.2) is 0 Å². The molecule has 94 valence electrons. The number of hydrogen-bond acceptors (Lipinski definition) is 2. The number of benzene rings is 1. The molecule has 0 amide bonds. The summed E-state index contributed by atoms with van der Waals surface area (Å²) in [7, 11) is 0. The van der Waals surface area contributed by atoms with Gasteiger partial charge in [0.05, 0.1) is 6.10 Å². The minimum absolute atomic E-state index is 0.0893.